The van der Waals surface area contributed by atoms with Crippen molar-refractivity contribution in [1.29, 1.82) is 0 Å². The molecule has 3 aromatic rings. The lowest BCUT2D eigenvalue weighted by Gasteiger charge is -2.26. The van der Waals surface area contributed by atoms with Crippen LogP contribution in [0.1, 0.15) is 37.9 Å². The Morgan fingerprint density at radius 2 is 1.90 bits per heavy atom. The van der Waals surface area contributed by atoms with Crippen LogP contribution in [-0.4, -0.2) is 41.4 Å². The lowest BCUT2D eigenvalue weighted by Crippen LogP contribution is -2.40. The zero-order valence-corrected chi connectivity index (χ0v) is 25.3. The van der Waals surface area contributed by atoms with Gasteiger partial charge in [-0.05, 0) is 78.7 Å². The van der Waals surface area contributed by atoms with E-state index in [-0.39, 0.29) is 17.2 Å². The van der Waals surface area contributed by atoms with Crippen molar-refractivity contribution in [1.82, 2.24) is 4.57 Å². The lowest BCUT2D eigenvalue weighted by atomic mass is 9.95. The van der Waals surface area contributed by atoms with Crippen molar-refractivity contribution in [3.05, 3.63) is 87.4 Å². The largest absolute Gasteiger partial charge is 0.496 e. The maximum atomic E-state index is 13.9. The van der Waals surface area contributed by atoms with E-state index in [1.54, 1.807) is 51.1 Å². The molecule has 1 aliphatic heterocycles. The van der Waals surface area contributed by atoms with Crippen LogP contribution >= 0.6 is 43.2 Å². The number of carbonyl (C=O) groups excluding carboxylic acids is 1. The number of aliphatic carboxylic acids is 1. The number of rotatable bonds is 8. The van der Waals surface area contributed by atoms with Crippen LogP contribution in [0, 0.1) is 0 Å². The van der Waals surface area contributed by atoms with Gasteiger partial charge in [0.15, 0.2) is 11.4 Å². The highest BCUT2D eigenvalue weighted by molar-refractivity contribution is 9.10. The summed E-state index contributed by atoms with van der Waals surface area (Å²) in [6, 6.07) is 9.62. The lowest BCUT2D eigenvalue weighted by molar-refractivity contribution is -0.143. The molecule has 2 aromatic carbocycles. The second-order valence-corrected chi connectivity index (χ2v) is 11.6. The number of thiazole rings is 1. The van der Waals surface area contributed by atoms with Crippen LogP contribution in [0.15, 0.2) is 66.4 Å². The van der Waals surface area contributed by atoms with Crippen molar-refractivity contribution in [3.63, 3.8) is 0 Å². The average molecular weight is 680 g/mol. The zero-order valence-electron chi connectivity index (χ0n) is 21.4. The van der Waals surface area contributed by atoms with Gasteiger partial charge in [-0.2, -0.15) is 0 Å². The molecule has 0 radical (unpaired) electrons. The number of benzene rings is 2. The van der Waals surface area contributed by atoms with Gasteiger partial charge in [0, 0.05) is 10.0 Å². The molecule has 0 fully saturated rings. The van der Waals surface area contributed by atoms with E-state index in [2.05, 4.69) is 36.9 Å². The van der Waals surface area contributed by atoms with E-state index in [0.29, 0.717) is 42.1 Å². The van der Waals surface area contributed by atoms with Crippen LogP contribution in [0.25, 0.3) is 6.08 Å². The van der Waals surface area contributed by atoms with Gasteiger partial charge >= 0.3 is 11.9 Å². The van der Waals surface area contributed by atoms with Crippen LogP contribution in [0.3, 0.4) is 0 Å². The summed E-state index contributed by atoms with van der Waals surface area (Å²) in [7, 11) is 1.53. The predicted octanol–water partition coefficient (Wildman–Crippen LogP) is 4.18. The molecular weight excluding hydrogens is 656 g/mol. The zero-order chi connectivity index (χ0) is 28.4. The summed E-state index contributed by atoms with van der Waals surface area (Å²) in [5, 5.41) is 8.86. The van der Waals surface area contributed by atoms with Crippen LogP contribution in [0.4, 0.5) is 0 Å². The first-order valence-electron chi connectivity index (χ1n) is 11.7. The van der Waals surface area contributed by atoms with Gasteiger partial charge in [-0.3, -0.25) is 9.36 Å². The summed E-state index contributed by atoms with van der Waals surface area (Å²) in [5.41, 5.74) is 1.65. The van der Waals surface area contributed by atoms with Crippen LogP contribution < -0.4 is 24.4 Å². The van der Waals surface area contributed by atoms with Gasteiger partial charge in [-0.25, -0.2) is 14.6 Å². The maximum Gasteiger partial charge on any atom is 0.341 e. The summed E-state index contributed by atoms with van der Waals surface area (Å²) in [5.74, 6) is -0.783. The molecule has 0 aliphatic carbocycles. The topological polar surface area (TPSA) is 116 Å². The SMILES string of the molecule is COc1ccc(Br)cc1[C@H]1C(C(=O)OC(C)C)=C(C)N=c2s/c(=C\c3ccc(OCC(=O)O)c(Br)c3)c(=O)n21. The number of aromatic nitrogens is 1. The molecule has 1 aromatic heterocycles. The van der Waals surface area contributed by atoms with Gasteiger partial charge in [0.25, 0.3) is 5.56 Å². The van der Waals surface area contributed by atoms with Crippen molar-refractivity contribution in [2.45, 2.75) is 32.9 Å². The second kappa shape index (κ2) is 11.9. The number of hydrogen-bond acceptors (Lipinski definition) is 8. The molecule has 1 atom stereocenters. The summed E-state index contributed by atoms with van der Waals surface area (Å²) in [6.45, 7) is 4.76. The second-order valence-electron chi connectivity index (χ2n) is 8.79. The molecule has 1 N–H and O–H groups in total. The molecule has 2 heterocycles. The molecule has 0 spiro atoms. The Hall–Kier alpha value is -3.22. The van der Waals surface area contributed by atoms with Crippen molar-refractivity contribution in [2.24, 2.45) is 4.99 Å². The third-order valence-corrected chi connectivity index (χ3v) is 7.77. The van der Waals surface area contributed by atoms with E-state index in [0.717, 1.165) is 4.47 Å². The van der Waals surface area contributed by atoms with Gasteiger partial charge in [-0.15, -0.1) is 0 Å². The molecule has 0 bridgehead atoms. The number of hydrogen-bond donors (Lipinski definition) is 1. The third kappa shape index (κ3) is 6.18. The number of carboxylic acids is 1. The van der Waals surface area contributed by atoms with Gasteiger partial charge < -0.3 is 19.3 Å². The quantitative estimate of drug-likeness (QED) is 0.355. The summed E-state index contributed by atoms with van der Waals surface area (Å²) < 4.78 is 19.6. The number of allylic oxidation sites excluding steroid dienone is 1. The van der Waals surface area contributed by atoms with Gasteiger partial charge in [0.2, 0.25) is 0 Å². The van der Waals surface area contributed by atoms with Crippen molar-refractivity contribution >= 4 is 61.2 Å². The van der Waals surface area contributed by atoms with Crippen LogP contribution in [0.5, 0.6) is 11.5 Å². The molecule has 0 amide bonds. The third-order valence-electron chi connectivity index (χ3n) is 5.68. The van der Waals surface area contributed by atoms with Gasteiger partial charge in [0.1, 0.15) is 17.5 Å². The van der Waals surface area contributed by atoms with E-state index in [1.807, 2.05) is 12.1 Å². The van der Waals surface area contributed by atoms with E-state index in [9.17, 15) is 14.4 Å². The van der Waals surface area contributed by atoms with Crippen molar-refractivity contribution < 1.29 is 28.9 Å². The summed E-state index contributed by atoms with van der Waals surface area (Å²) >= 11 is 8.08. The molecule has 0 saturated carbocycles. The van der Waals surface area contributed by atoms with E-state index >= 15 is 0 Å². The predicted molar refractivity (Wildman–Crippen MR) is 153 cm³/mol. The minimum atomic E-state index is -1.09. The highest BCUT2D eigenvalue weighted by Gasteiger charge is 2.35. The fourth-order valence-corrected chi connectivity index (χ4v) is 6.02. The van der Waals surface area contributed by atoms with Crippen molar-refractivity contribution in [3.8, 4) is 11.5 Å². The minimum Gasteiger partial charge on any atom is -0.496 e. The molecule has 4 rings (SSSR count). The Morgan fingerprint density at radius 1 is 1.18 bits per heavy atom. The first kappa shape index (κ1) is 28.8. The average Bonchev–Trinajstić information content (AvgIpc) is 3.16. The van der Waals surface area contributed by atoms with E-state index < -0.39 is 24.6 Å². The van der Waals surface area contributed by atoms with Crippen molar-refractivity contribution in [2.75, 3.05) is 13.7 Å². The number of fused-ring (bicyclic) bond motifs is 1. The Labute approximate surface area is 244 Å². The number of methoxy groups -OCH3 is 1. The number of esters is 1. The molecular formula is C27H24Br2N2O7S. The fraction of sp³-hybridized carbons (Fsp3) is 0.259. The monoisotopic (exact) mass is 678 g/mol. The molecule has 9 nitrogen and oxygen atoms in total. The Bertz CT molecular complexity index is 1670. The molecule has 0 unspecified atom stereocenters. The van der Waals surface area contributed by atoms with Gasteiger partial charge in [-0.1, -0.05) is 33.3 Å². The first-order valence-corrected chi connectivity index (χ1v) is 14.1. The van der Waals surface area contributed by atoms with E-state index in [4.69, 9.17) is 19.3 Å². The smallest absolute Gasteiger partial charge is 0.341 e. The van der Waals surface area contributed by atoms with Crippen LogP contribution in [0.2, 0.25) is 0 Å². The van der Waals surface area contributed by atoms with Gasteiger partial charge in [0.05, 0.1) is 33.5 Å². The normalized spacial score (nSPS) is 15.2. The molecule has 1 aliphatic rings. The maximum absolute atomic E-state index is 13.9. The molecule has 204 valence electrons. The van der Waals surface area contributed by atoms with E-state index in [1.165, 1.54) is 23.0 Å². The number of ether oxygens (including phenoxy) is 3. The minimum absolute atomic E-state index is 0.252. The first-order chi connectivity index (χ1) is 18.5. The summed E-state index contributed by atoms with van der Waals surface area (Å²) in [4.78, 5) is 43.0. The highest BCUT2D eigenvalue weighted by Crippen LogP contribution is 2.37. The Kier molecular flexibility index (Phi) is 8.77. The molecule has 39 heavy (non-hydrogen) atoms. The number of carboxylic acid groups (broad SMARTS) is 1. The molecule has 0 saturated heterocycles. The Balaban J connectivity index is 1.90. The Morgan fingerprint density at radius 3 is 2.54 bits per heavy atom. The number of halogens is 2. The molecule has 12 heteroatoms. The standard InChI is InChI=1S/C27H24Br2N2O7S/c1-13(2)38-26(35)23-14(3)30-27-31(24(23)17-11-16(28)6-8-19(17)36-4)25(34)21(39-27)10-15-5-7-20(18(29)9-15)37-12-22(32)33/h5-11,13,24H,12H2,1-4H3,(H,32,33)/b21-10-/t24-/m0/s1. The fourth-order valence-electron chi connectivity index (χ4n) is 4.09. The summed E-state index contributed by atoms with van der Waals surface area (Å²) in [6.07, 6.45) is 1.34. The highest BCUT2D eigenvalue weighted by atomic mass is 79.9. The number of carbonyl (C=O) groups is 2. The van der Waals surface area contributed by atoms with Crippen LogP contribution in [-0.2, 0) is 14.3 Å². The number of nitrogens with zero attached hydrogens (tertiary/aromatic N) is 2.